The molecule has 11 heteroatoms. The van der Waals surface area contributed by atoms with Crippen molar-refractivity contribution in [3.63, 3.8) is 0 Å². The van der Waals surface area contributed by atoms with Gasteiger partial charge in [-0.05, 0) is 52.0 Å². The minimum Gasteiger partial charge on any atom is -0.492 e. The first-order valence-corrected chi connectivity index (χ1v) is 14.5. The zero-order chi connectivity index (χ0) is 27.3. The summed E-state index contributed by atoms with van der Waals surface area (Å²) in [6.45, 7) is 11.7. The van der Waals surface area contributed by atoms with E-state index in [0.29, 0.717) is 49.2 Å². The second-order valence-corrected chi connectivity index (χ2v) is 11.3. The summed E-state index contributed by atoms with van der Waals surface area (Å²) < 4.78 is 50.7. The maximum atomic E-state index is 13.2. The Bertz CT molecular complexity index is 1200. The molecule has 38 heavy (non-hydrogen) atoms. The molecule has 0 aromatic heterocycles. The van der Waals surface area contributed by atoms with Crippen molar-refractivity contribution in [3.05, 3.63) is 42.0 Å². The molecule has 1 N–H and O–H groups in total. The normalized spacial score (nSPS) is 20.7. The fourth-order valence-corrected chi connectivity index (χ4v) is 6.28. The standard InChI is InChI=1S/C27H37N3O7S/c1-5-35-25-16-24(29-11-13-34-14-12-29)26(36-6-2)15-23(25)28-27(31)21-7-9-22(10-8-21)38(32,33)30-17-19(3)37-20(4)18-30/h7-10,15-16,19-20H,5-6,11-14,17-18H2,1-4H3,(H,28,31). The number of hydrogen-bond acceptors (Lipinski definition) is 8. The summed E-state index contributed by atoms with van der Waals surface area (Å²) in [5, 5.41) is 2.91. The van der Waals surface area contributed by atoms with Crippen LogP contribution in [0.1, 0.15) is 38.1 Å². The van der Waals surface area contributed by atoms with E-state index in [1.54, 1.807) is 6.07 Å². The van der Waals surface area contributed by atoms with Gasteiger partial charge in [0.15, 0.2) is 0 Å². The lowest BCUT2D eigenvalue weighted by atomic mass is 10.1. The smallest absolute Gasteiger partial charge is 0.255 e. The van der Waals surface area contributed by atoms with Gasteiger partial charge in [0.2, 0.25) is 10.0 Å². The van der Waals surface area contributed by atoms with Crippen molar-refractivity contribution in [2.75, 3.05) is 62.8 Å². The Morgan fingerprint density at radius 1 is 0.974 bits per heavy atom. The van der Waals surface area contributed by atoms with E-state index in [1.165, 1.54) is 28.6 Å². The number of carbonyl (C=O) groups is 1. The number of sulfonamides is 1. The van der Waals surface area contributed by atoms with Gasteiger partial charge >= 0.3 is 0 Å². The summed E-state index contributed by atoms with van der Waals surface area (Å²) >= 11 is 0. The van der Waals surface area contributed by atoms with Crippen molar-refractivity contribution in [2.24, 2.45) is 0 Å². The summed E-state index contributed by atoms with van der Waals surface area (Å²) in [7, 11) is -3.70. The Kier molecular flexibility index (Phi) is 9.14. The van der Waals surface area contributed by atoms with E-state index in [2.05, 4.69) is 10.2 Å². The van der Waals surface area contributed by atoms with Crippen LogP contribution in [0.15, 0.2) is 41.3 Å². The van der Waals surface area contributed by atoms with Crippen LogP contribution in [0.5, 0.6) is 11.5 Å². The van der Waals surface area contributed by atoms with Gasteiger partial charge in [0, 0.05) is 43.9 Å². The summed E-state index contributed by atoms with van der Waals surface area (Å²) in [4.78, 5) is 15.5. The number of benzene rings is 2. The van der Waals surface area contributed by atoms with Crippen LogP contribution >= 0.6 is 0 Å². The number of morpholine rings is 2. The summed E-state index contributed by atoms with van der Waals surface area (Å²) in [6.07, 6.45) is -0.372. The number of hydrogen-bond donors (Lipinski definition) is 1. The summed E-state index contributed by atoms with van der Waals surface area (Å²) in [5.41, 5.74) is 1.69. The maximum absolute atomic E-state index is 13.2. The van der Waals surface area contributed by atoms with Crippen molar-refractivity contribution in [1.82, 2.24) is 4.31 Å². The molecular formula is C27H37N3O7S. The van der Waals surface area contributed by atoms with Crippen molar-refractivity contribution < 1.29 is 32.2 Å². The highest BCUT2D eigenvalue weighted by Crippen LogP contribution is 2.39. The van der Waals surface area contributed by atoms with Crippen molar-refractivity contribution in [1.29, 1.82) is 0 Å². The predicted molar refractivity (Wildman–Crippen MR) is 145 cm³/mol. The topological polar surface area (TPSA) is 107 Å². The highest BCUT2D eigenvalue weighted by molar-refractivity contribution is 7.89. The zero-order valence-corrected chi connectivity index (χ0v) is 23.3. The molecule has 10 nitrogen and oxygen atoms in total. The number of nitrogens with zero attached hydrogens (tertiary/aromatic N) is 2. The third-order valence-electron chi connectivity index (χ3n) is 6.40. The SMILES string of the molecule is CCOc1cc(N2CCOCC2)c(OCC)cc1NC(=O)c1ccc(S(=O)(=O)N2CC(C)OC(C)C2)cc1. The molecule has 0 saturated carbocycles. The van der Waals surface area contributed by atoms with Crippen LogP contribution in [0, 0.1) is 0 Å². The van der Waals surface area contributed by atoms with Crippen LogP contribution in [-0.2, 0) is 19.5 Å². The quantitative estimate of drug-likeness (QED) is 0.509. The minimum absolute atomic E-state index is 0.138. The fraction of sp³-hybridized carbons (Fsp3) is 0.519. The molecule has 2 fully saturated rings. The molecule has 0 bridgehead atoms. The highest BCUT2D eigenvalue weighted by atomic mass is 32.2. The second-order valence-electron chi connectivity index (χ2n) is 9.34. The van der Waals surface area contributed by atoms with Crippen molar-refractivity contribution in [3.8, 4) is 11.5 Å². The lowest BCUT2D eigenvalue weighted by molar-refractivity contribution is -0.0440. The van der Waals surface area contributed by atoms with E-state index in [-0.39, 0.29) is 36.1 Å². The summed E-state index contributed by atoms with van der Waals surface area (Å²) in [6, 6.07) is 9.62. The largest absolute Gasteiger partial charge is 0.492 e. The van der Waals surface area contributed by atoms with Gasteiger partial charge in [-0.15, -0.1) is 0 Å². The Morgan fingerprint density at radius 3 is 2.18 bits per heavy atom. The first kappa shape index (κ1) is 28.2. The Labute approximate surface area is 224 Å². The van der Waals surface area contributed by atoms with Gasteiger partial charge in [-0.3, -0.25) is 4.79 Å². The van der Waals surface area contributed by atoms with E-state index in [1.807, 2.05) is 33.8 Å². The van der Waals surface area contributed by atoms with Crippen LogP contribution in [0.3, 0.4) is 0 Å². The molecule has 2 aromatic carbocycles. The molecule has 2 aromatic rings. The van der Waals surface area contributed by atoms with Gasteiger partial charge in [0.25, 0.3) is 5.91 Å². The van der Waals surface area contributed by atoms with Gasteiger partial charge in [0.05, 0.1) is 54.9 Å². The van der Waals surface area contributed by atoms with E-state index in [4.69, 9.17) is 18.9 Å². The predicted octanol–water partition coefficient (Wildman–Crippen LogP) is 3.37. The fourth-order valence-electron chi connectivity index (χ4n) is 4.69. The molecule has 2 unspecified atom stereocenters. The van der Waals surface area contributed by atoms with Gasteiger partial charge in [-0.25, -0.2) is 8.42 Å². The van der Waals surface area contributed by atoms with Crippen molar-refractivity contribution >= 4 is 27.3 Å². The number of carbonyl (C=O) groups excluding carboxylic acids is 1. The second kappa shape index (κ2) is 12.3. The van der Waals surface area contributed by atoms with E-state index in [0.717, 1.165) is 18.8 Å². The molecule has 2 aliphatic rings. The van der Waals surface area contributed by atoms with E-state index < -0.39 is 10.0 Å². The van der Waals surface area contributed by atoms with Crippen LogP contribution in [0.25, 0.3) is 0 Å². The van der Waals surface area contributed by atoms with E-state index in [9.17, 15) is 13.2 Å². The molecule has 0 aliphatic carbocycles. The Morgan fingerprint density at radius 2 is 1.58 bits per heavy atom. The van der Waals surface area contributed by atoms with Gasteiger partial charge < -0.3 is 29.2 Å². The Hall–Kier alpha value is -2.86. The number of rotatable bonds is 9. The van der Waals surface area contributed by atoms with Gasteiger partial charge in [-0.2, -0.15) is 4.31 Å². The van der Waals surface area contributed by atoms with E-state index >= 15 is 0 Å². The van der Waals surface area contributed by atoms with Crippen LogP contribution < -0.4 is 19.7 Å². The monoisotopic (exact) mass is 547 g/mol. The average Bonchev–Trinajstić information content (AvgIpc) is 2.90. The third-order valence-corrected chi connectivity index (χ3v) is 8.25. The molecule has 4 rings (SSSR count). The molecule has 2 saturated heterocycles. The molecule has 0 radical (unpaired) electrons. The molecule has 1 amide bonds. The number of amides is 1. The third kappa shape index (κ3) is 6.40. The average molecular weight is 548 g/mol. The molecule has 2 heterocycles. The molecule has 2 aliphatic heterocycles. The maximum Gasteiger partial charge on any atom is 0.255 e. The van der Waals surface area contributed by atoms with Crippen LogP contribution in [0.2, 0.25) is 0 Å². The van der Waals surface area contributed by atoms with Crippen LogP contribution in [0.4, 0.5) is 11.4 Å². The van der Waals surface area contributed by atoms with Gasteiger partial charge in [-0.1, -0.05) is 0 Å². The van der Waals surface area contributed by atoms with Crippen molar-refractivity contribution in [2.45, 2.75) is 44.8 Å². The summed E-state index contributed by atoms with van der Waals surface area (Å²) in [5.74, 6) is 0.786. The highest BCUT2D eigenvalue weighted by Gasteiger charge is 2.32. The molecule has 208 valence electrons. The zero-order valence-electron chi connectivity index (χ0n) is 22.4. The van der Waals surface area contributed by atoms with Gasteiger partial charge in [0.1, 0.15) is 11.5 Å². The molecular weight excluding hydrogens is 510 g/mol. The first-order chi connectivity index (χ1) is 18.2. The first-order valence-electron chi connectivity index (χ1n) is 13.1. The molecule has 2 atom stereocenters. The number of ether oxygens (including phenoxy) is 4. The number of anilines is 2. The minimum atomic E-state index is -3.70. The lowest BCUT2D eigenvalue weighted by Gasteiger charge is -2.34. The Balaban J connectivity index is 1.55. The number of nitrogens with one attached hydrogen (secondary N) is 1. The molecule has 0 spiro atoms. The lowest BCUT2D eigenvalue weighted by Crippen LogP contribution is -2.48. The van der Waals surface area contributed by atoms with Crippen LogP contribution in [-0.4, -0.2) is 83.4 Å².